The lowest BCUT2D eigenvalue weighted by Gasteiger charge is -2.29. The van der Waals surface area contributed by atoms with Crippen molar-refractivity contribution in [3.63, 3.8) is 0 Å². The van der Waals surface area contributed by atoms with Crippen LogP contribution in [0, 0.1) is 0 Å². The molecule has 1 atom stereocenters. The lowest BCUT2D eigenvalue weighted by Crippen LogP contribution is -2.52. The van der Waals surface area contributed by atoms with Gasteiger partial charge in [-0.25, -0.2) is 4.79 Å². The third kappa shape index (κ3) is 10.5. The molecule has 0 fully saturated rings. The smallest absolute Gasteiger partial charge is 0.408 e. The fourth-order valence-corrected chi connectivity index (χ4v) is 3.03. The molecule has 7 nitrogen and oxygen atoms in total. The highest BCUT2D eigenvalue weighted by molar-refractivity contribution is 6.18. The molecule has 0 saturated heterocycles. The summed E-state index contributed by atoms with van der Waals surface area (Å²) in [6, 6.07) is 8.85. The first-order valence-corrected chi connectivity index (χ1v) is 10.4. The van der Waals surface area contributed by atoms with Crippen LogP contribution in [0.25, 0.3) is 0 Å². The number of hydrogen-bond acceptors (Lipinski definition) is 5. The van der Waals surface area contributed by atoms with Crippen LogP contribution in [0.4, 0.5) is 4.79 Å². The number of benzene rings is 1. The van der Waals surface area contributed by atoms with E-state index in [9.17, 15) is 14.4 Å². The second-order valence-electron chi connectivity index (χ2n) is 7.39. The van der Waals surface area contributed by atoms with Gasteiger partial charge in [0.05, 0.1) is 6.04 Å². The Bertz CT molecular complexity index is 659. The topological polar surface area (TPSA) is 87.7 Å². The van der Waals surface area contributed by atoms with Crippen LogP contribution in [0.3, 0.4) is 0 Å². The molecule has 0 radical (unpaired) electrons. The van der Waals surface area contributed by atoms with Gasteiger partial charge in [0.2, 0.25) is 11.8 Å². The van der Waals surface area contributed by atoms with Crippen molar-refractivity contribution in [1.29, 1.82) is 0 Å². The quantitative estimate of drug-likeness (QED) is 0.540. The van der Waals surface area contributed by atoms with Crippen molar-refractivity contribution in [1.82, 2.24) is 15.5 Å². The van der Waals surface area contributed by atoms with E-state index in [1.54, 1.807) is 20.8 Å². The number of carbonyl (C=O) groups excluding carboxylic acids is 3. The SMILES string of the molecule is CC(C)(C)OC(=O)NCC(=O)NC(=O)[C@H](Cc1ccccc1)N(CCCl)CCCl. The summed E-state index contributed by atoms with van der Waals surface area (Å²) in [5.74, 6) is -0.455. The van der Waals surface area contributed by atoms with Gasteiger partial charge >= 0.3 is 6.09 Å². The van der Waals surface area contributed by atoms with Crippen molar-refractivity contribution < 1.29 is 19.1 Å². The summed E-state index contributed by atoms with van der Waals surface area (Å²) in [5, 5.41) is 4.67. The molecule has 0 aromatic heterocycles. The van der Waals surface area contributed by atoms with Crippen LogP contribution in [-0.4, -0.2) is 65.8 Å². The van der Waals surface area contributed by atoms with Crippen molar-refractivity contribution in [3.8, 4) is 0 Å². The molecule has 0 aliphatic rings. The predicted octanol–water partition coefficient (Wildman–Crippen LogP) is 2.54. The third-order valence-electron chi connectivity index (χ3n) is 3.81. The number of imide groups is 1. The summed E-state index contributed by atoms with van der Waals surface area (Å²) in [6.07, 6.45) is -0.334. The zero-order valence-electron chi connectivity index (χ0n) is 17.0. The standard InChI is InChI=1S/C20H29Cl2N3O4/c1-20(2,3)29-19(28)23-14-17(26)24-18(27)16(25(11-9-21)12-10-22)13-15-7-5-4-6-8-15/h4-8,16H,9-14H2,1-3H3,(H,23,28)(H,24,26,27)/t16-/m0/s1. The zero-order valence-corrected chi connectivity index (χ0v) is 18.6. The van der Waals surface area contributed by atoms with Gasteiger partial charge in [-0.3, -0.25) is 19.8 Å². The molecule has 0 bridgehead atoms. The molecule has 1 rings (SSSR count). The molecule has 0 heterocycles. The second kappa shape index (κ2) is 12.7. The van der Waals surface area contributed by atoms with Crippen LogP contribution in [-0.2, 0) is 20.7 Å². The summed E-state index contributed by atoms with van der Waals surface area (Å²) in [5.41, 5.74) is 0.266. The van der Waals surface area contributed by atoms with E-state index < -0.39 is 29.6 Å². The molecule has 9 heteroatoms. The van der Waals surface area contributed by atoms with E-state index in [2.05, 4.69) is 10.6 Å². The van der Waals surface area contributed by atoms with E-state index in [1.165, 1.54) is 0 Å². The van der Waals surface area contributed by atoms with Gasteiger partial charge in [-0.1, -0.05) is 30.3 Å². The molecule has 2 N–H and O–H groups in total. The molecule has 0 unspecified atom stereocenters. The van der Waals surface area contributed by atoms with Gasteiger partial charge in [0, 0.05) is 24.8 Å². The first kappa shape index (κ1) is 25.2. The van der Waals surface area contributed by atoms with E-state index >= 15 is 0 Å². The van der Waals surface area contributed by atoms with Gasteiger partial charge in [0.25, 0.3) is 0 Å². The summed E-state index contributed by atoms with van der Waals surface area (Å²) < 4.78 is 5.07. The fourth-order valence-electron chi connectivity index (χ4n) is 2.60. The number of amides is 3. The summed E-state index contributed by atoms with van der Waals surface area (Å²) >= 11 is 11.8. The maximum absolute atomic E-state index is 12.8. The summed E-state index contributed by atoms with van der Waals surface area (Å²) in [6.45, 7) is 5.67. The maximum atomic E-state index is 12.8. The van der Waals surface area contributed by atoms with Crippen LogP contribution in [0.1, 0.15) is 26.3 Å². The van der Waals surface area contributed by atoms with Crippen LogP contribution in [0.15, 0.2) is 30.3 Å². The Balaban J connectivity index is 2.76. The van der Waals surface area contributed by atoms with Crippen molar-refractivity contribution in [2.45, 2.75) is 38.8 Å². The molecule has 1 aromatic rings. The van der Waals surface area contributed by atoms with Crippen molar-refractivity contribution in [2.24, 2.45) is 0 Å². The first-order valence-electron chi connectivity index (χ1n) is 9.36. The number of halogens is 2. The molecule has 0 aliphatic carbocycles. The normalized spacial score (nSPS) is 12.3. The highest BCUT2D eigenvalue weighted by Crippen LogP contribution is 2.11. The largest absolute Gasteiger partial charge is 0.444 e. The van der Waals surface area contributed by atoms with Gasteiger partial charge in [-0.15, -0.1) is 23.2 Å². The Labute approximate surface area is 182 Å². The minimum atomic E-state index is -0.730. The minimum absolute atomic E-state index is 0.323. The molecule has 3 amide bonds. The van der Waals surface area contributed by atoms with Crippen LogP contribution < -0.4 is 10.6 Å². The third-order valence-corrected chi connectivity index (χ3v) is 4.15. The number of nitrogens with zero attached hydrogens (tertiary/aromatic N) is 1. The second-order valence-corrected chi connectivity index (χ2v) is 8.14. The van der Waals surface area contributed by atoms with E-state index in [4.69, 9.17) is 27.9 Å². The molecule has 1 aromatic carbocycles. The van der Waals surface area contributed by atoms with E-state index in [1.807, 2.05) is 35.2 Å². The maximum Gasteiger partial charge on any atom is 0.408 e. The molecule has 29 heavy (non-hydrogen) atoms. The molecule has 0 saturated carbocycles. The zero-order chi connectivity index (χ0) is 21.9. The van der Waals surface area contributed by atoms with Gasteiger partial charge in [0.15, 0.2) is 0 Å². The monoisotopic (exact) mass is 445 g/mol. The average Bonchev–Trinajstić information content (AvgIpc) is 2.64. The van der Waals surface area contributed by atoms with Gasteiger partial charge in [-0.05, 0) is 32.8 Å². The Kier molecular flexibility index (Phi) is 11.0. The molecule has 162 valence electrons. The number of nitrogens with one attached hydrogen (secondary N) is 2. The van der Waals surface area contributed by atoms with E-state index in [0.717, 1.165) is 5.56 Å². The lowest BCUT2D eigenvalue weighted by atomic mass is 10.0. The average molecular weight is 446 g/mol. The van der Waals surface area contributed by atoms with Gasteiger partial charge in [-0.2, -0.15) is 0 Å². The summed E-state index contributed by atoms with van der Waals surface area (Å²) in [4.78, 5) is 38.5. The van der Waals surface area contributed by atoms with Gasteiger partial charge in [0.1, 0.15) is 12.1 Å². The fraction of sp³-hybridized carbons (Fsp3) is 0.550. The molecular formula is C20H29Cl2N3O4. The van der Waals surface area contributed by atoms with Crippen LogP contribution in [0.2, 0.25) is 0 Å². The molecule has 0 spiro atoms. The Morgan fingerprint density at radius 3 is 2.17 bits per heavy atom. The highest BCUT2D eigenvalue weighted by Gasteiger charge is 2.27. The summed E-state index contributed by atoms with van der Waals surface area (Å²) in [7, 11) is 0. The number of rotatable bonds is 10. The van der Waals surface area contributed by atoms with E-state index in [-0.39, 0.29) is 6.54 Å². The number of alkyl halides is 2. The Morgan fingerprint density at radius 2 is 1.66 bits per heavy atom. The predicted molar refractivity (Wildman–Crippen MR) is 114 cm³/mol. The van der Waals surface area contributed by atoms with E-state index in [0.29, 0.717) is 31.3 Å². The molecule has 0 aliphatic heterocycles. The highest BCUT2D eigenvalue weighted by atomic mass is 35.5. The first-order chi connectivity index (χ1) is 13.7. The van der Waals surface area contributed by atoms with Crippen LogP contribution >= 0.6 is 23.2 Å². The van der Waals surface area contributed by atoms with Gasteiger partial charge < -0.3 is 10.1 Å². The minimum Gasteiger partial charge on any atom is -0.444 e. The Morgan fingerprint density at radius 1 is 1.07 bits per heavy atom. The number of carbonyl (C=O) groups is 3. The van der Waals surface area contributed by atoms with Crippen LogP contribution in [0.5, 0.6) is 0 Å². The number of alkyl carbamates (subject to hydrolysis) is 1. The number of hydrogen-bond donors (Lipinski definition) is 2. The number of ether oxygens (including phenoxy) is 1. The molecular weight excluding hydrogens is 417 g/mol. The van der Waals surface area contributed by atoms with Crippen molar-refractivity contribution in [2.75, 3.05) is 31.4 Å². The van der Waals surface area contributed by atoms with Crippen molar-refractivity contribution >= 4 is 41.1 Å². The van der Waals surface area contributed by atoms with Crippen molar-refractivity contribution in [3.05, 3.63) is 35.9 Å². The lowest BCUT2D eigenvalue weighted by molar-refractivity contribution is -0.133. The Hall–Kier alpha value is -1.83.